The third-order valence-corrected chi connectivity index (χ3v) is 3.66. The highest BCUT2D eigenvalue weighted by Gasteiger charge is 2.11. The summed E-state index contributed by atoms with van der Waals surface area (Å²) in [5, 5.41) is 3.52. The Balaban J connectivity index is 2.38. The highest BCUT2D eigenvalue weighted by Crippen LogP contribution is 2.31. The quantitative estimate of drug-likeness (QED) is 0.555. The minimum Gasteiger partial charge on any atom is -0.493 e. The van der Waals surface area contributed by atoms with Crippen molar-refractivity contribution in [1.82, 2.24) is 5.32 Å². The molecular formula is C19H33NO2. The second-order valence-electron chi connectivity index (χ2n) is 6.06. The van der Waals surface area contributed by atoms with Crippen molar-refractivity contribution in [3.8, 4) is 11.5 Å². The summed E-state index contributed by atoms with van der Waals surface area (Å²) in [7, 11) is 1.69. The maximum Gasteiger partial charge on any atom is 0.166 e. The number of nitrogens with one attached hydrogen (secondary N) is 1. The Kier molecular flexibility index (Phi) is 9.72. The molecule has 0 atom stereocenters. The van der Waals surface area contributed by atoms with Gasteiger partial charge in [0.2, 0.25) is 0 Å². The number of para-hydroxylation sites is 1. The average molecular weight is 307 g/mol. The zero-order valence-corrected chi connectivity index (χ0v) is 14.8. The molecular weight excluding hydrogens is 274 g/mol. The lowest BCUT2D eigenvalue weighted by atomic mass is 10.1. The summed E-state index contributed by atoms with van der Waals surface area (Å²) in [6.45, 7) is 8.23. The lowest BCUT2D eigenvalue weighted by Gasteiger charge is -2.17. The van der Waals surface area contributed by atoms with Crippen molar-refractivity contribution in [2.75, 3.05) is 13.7 Å². The first-order chi connectivity index (χ1) is 10.7. The predicted octanol–water partition coefficient (Wildman–Crippen LogP) is 4.93. The Hall–Kier alpha value is -1.22. The zero-order valence-electron chi connectivity index (χ0n) is 14.8. The van der Waals surface area contributed by atoms with E-state index in [0.717, 1.165) is 24.6 Å². The smallest absolute Gasteiger partial charge is 0.166 e. The Morgan fingerprint density at radius 2 is 1.77 bits per heavy atom. The maximum absolute atomic E-state index is 5.92. The van der Waals surface area contributed by atoms with E-state index in [1.165, 1.54) is 44.1 Å². The molecule has 3 heteroatoms. The first-order valence-corrected chi connectivity index (χ1v) is 8.72. The van der Waals surface area contributed by atoms with Gasteiger partial charge in [-0.25, -0.2) is 0 Å². The first kappa shape index (κ1) is 18.8. The minimum atomic E-state index is 0.147. The maximum atomic E-state index is 5.92. The van der Waals surface area contributed by atoms with Crippen LogP contribution in [0, 0.1) is 0 Å². The summed E-state index contributed by atoms with van der Waals surface area (Å²) in [5.74, 6) is 1.68. The van der Waals surface area contributed by atoms with Crippen LogP contribution in [0.15, 0.2) is 18.2 Å². The van der Waals surface area contributed by atoms with Gasteiger partial charge in [0.15, 0.2) is 11.5 Å². The van der Waals surface area contributed by atoms with Crippen molar-refractivity contribution in [2.24, 2.45) is 0 Å². The van der Waals surface area contributed by atoms with E-state index in [-0.39, 0.29) is 6.10 Å². The summed E-state index contributed by atoms with van der Waals surface area (Å²) in [5.41, 5.74) is 1.17. The summed E-state index contributed by atoms with van der Waals surface area (Å²) in [4.78, 5) is 0. The topological polar surface area (TPSA) is 30.5 Å². The molecule has 0 aliphatic carbocycles. The van der Waals surface area contributed by atoms with Gasteiger partial charge in [0.25, 0.3) is 0 Å². The van der Waals surface area contributed by atoms with E-state index >= 15 is 0 Å². The van der Waals surface area contributed by atoms with Crippen LogP contribution in [-0.4, -0.2) is 19.8 Å². The Morgan fingerprint density at radius 3 is 2.45 bits per heavy atom. The molecule has 0 bridgehead atoms. The van der Waals surface area contributed by atoms with Gasteiger partial charge in [0.05, 0.1) is 13.2 Å². The molecule has 0 radical (unpaired) electrons. The van der Waals surface area contributed by atoms with Crippen LogP contribution in [0.3, 0.4) is 0 Å². The molecule has 1 rings (SSSR count). The van der Waals surface area contributed by atoms with Gasteiger partial charge < -0.3 is 14.8 Å². The van der Waals surface area contributed by atoms with E-state index in [0.29, 0.717) is 0 Å². The third kappa shape index (κ3) is 7.17. The molecule has 0 unspecified atom stereocenters. The van der Waals surface area contributed by atoms with Gasteiger partial charge in [-0.2, -0.15) is 0 Å². The van der Waals surface area contributed by atoms with E-state index in [1.807, 2.05) is 26.0 Å². The van der Waals surface area contributed by atoms with Gasteiger partial charge in [-0.15, -0.1) is 0 Å². The lowest BCUT2D eigenvalue weighted by Crippen LogP contribution is -2.17. The van der Waals surface area contributed by atoms with E-state index in [9.17, 15) is 0 Å². The van der Waals surface area contributed by atoms with E-state index in [2.05, 4.69) is 18.3 Å². The molecule has 1 aromatic rings. The summed E-state index contributed by atoms with van der Waals surface area (Å²) < 4.78 is 11.3. The average Bonchev–Trinajstić information content (AvgIpc) is 2.50. The van der Waals surface area contributed by atoms with Crippen LogP contribution in [0.1, 0.15) is 64.9 Å². The fourth-order valence-corrected chi connectivity index (χ4v) is 2.48. The highest BCUT2D eigenvalue weighted by atomic mass is 16.5. The molecule has 3 nitrogen and oxygen atoms in total. The number of ether oxygens (including phenoxy) is 2. The van der Waals surface area contributed by atoms with Crippen LogP contribution in [-0.2, 0) is 6.54 Å². The number of unbranched alkanes of at least 4 members (excludes halogenated alkanes) is 5. The molecule has 0 aromatic heterocycles. The van der Waals surface area contributed by atoms with Crippen molar-refractivity contribution >= 4 is 0 Å². The molecule has 22 heavy (non-hydrogen) atoms. The first-order valence-electron chi connectivity index (χ1n) is 8.72. The van der Waals surface area contributed by atoms with Gasteiger partial charge in [-0.05, 0) is 32.9 Å². The second kappa shape index (κ2) is 11.4. The summed E-state index contributed by atoms with van der Waals surface area (Å²) in [6, 6.07) is 6.08. The van der Waals surface area contributed by atoms with Gasteiger partial charge in [0.1, 0.15) is 0 Å². The largest absolute Gasteiger partial charge is 0.493 e. The lowest BCUT2D eigenvalue weighted by molar-refractivity contribution is 0.227. The Labute approximate surface area is 136 Å². The molecule has 0 spiro atoms. The van der Waals surface area contributed by atoms with Crippen LogP contribution in [0.4, 0.5) is 0 Å². The monoisotopic (exact) mass is 307 g/mol. The normalized spacial score (nSPS) is 11.0. The molecule has 0 saturated heterocycles. The van der Waals surface area contributed by atoms with Gasteiger partial charge in [0, 0.05) is 12.1 Å². The Morgan fingerprint density at radius 1 is 1.05 bits per heavy atom. The van der Waals surface area contributed by atoms with Crippen molar-refractivity contribution in [1.29, 1.82) is 0 Å². The number of benzene rings is 1. The fourth-order valence-electron chi connectivity index (χ4n) is 2.48. The minimum absolute atomic E-state index is 0.147. The van der Waals surface area contributed by atoms with Crippen LogP contribution < -0.4 is 14.8 Å². The third-order valence-electron chi connectivity index (χ3n) is 3.66. The molecule has 0 amide bonds. The second-order valence-corrected chi connectivity index (χ2v) is 6.06. The molecule has 1 N–H and O–H groups in total. The number of hydrogen-bond donors (Lipinski definition) is 1. The Bertz CT molecular complexity index is 404. The summed E-state index contributed by atoms with van der Waals surface area (Å²) >= 11 is 0. The number of methoxy groups -OCH3 is 1. The van der Waals surface area contributed by atoms with E-state index < -0.39 is 0 Å². The van der Waals surface area contributed by atoms with Crippen LogP contribution in [0.25, 0.3) is 0 Å². The fraction of sp³-hybridized carbons (Fsp3) is 0.684. The SMILES string of the molecule is CCCCCCCCNCc1cccc(OC)c1OC(C)C. The summed E-state index contributed by atoms with van der Waals surface area (Å²) in [6.07, 6.45) is 8.12. The molecule has 0 aliphatic rings. The van der Waals surface area contributed by atoms with Crippen LogP contribution in [0.5, 0.6) is 11.5 Å². The van der Waals surface area contributed by atoms with E-state index in [1.54, 1.807) is 7.11 Å². The molecule has 0 heterocycles. The number of rotatable bonds is 12. The zero-order chi connectivity index (χ0) is 16.2. The van der Waals surface area contributed by atoms with Crippen molar-refractivity contribution < 1.29 is 9.47 Å². The van der Waals surface area contributed by atoms with Gasteiger partial charge >= 0.3 is 0 Å². The molecule has 126 valence electrons. The predicted molar refractivity (Wildman–Crippen MR) is 93.8 cm³/mol. The van der Waals surface area contributed by atoms with Crippen LogP contribution in [0.2, 0.25) is 0 Å². The molecule has 1 aromatic carbocycles. The van der Waals surface area contributed by atoms with Crippen molar-refractivity contribution in [2.45, 2.75) is 71.9 Å². The van der Waals surface area contributed by atoms with E-state index in [4.69, 9.17) is 9.47 Å². The number of hydrogen-bond acceptors (Lipinski definition) is 3. The molecule has 0 aliphatic heterocycles. The van der Waals surface area contributed by atoms with Gasteiger partial charge in [-0.1, -0.05) is 51.2 Å². The van der Waals surface area contributed by atoms with Crippen LogP contribution >= 0.6 is 0 Å². The standard InChI is InChI=1S/C19H33NO2/c1-5-6-7-8-9-10-14-20-15-17-12-11-13-18(21-4)19(17)22-16(2)3/h11-13,16,20H,5-10,14-15H2,1-4H3. The van der Waals surface area contributed by atoms with Crippen molar-refractivity contribution in [3.63, 3.8) is 0 Å². The van der Waals surface area contributed by atoms with Crippen molar-refractivity contribution in [3.05, 3.63) is 23.8 Å². The van der Waals surface area contributed by atoms with Gasteiger partial charge in [-0.3, -0.25) is 0 Å². The highest BCUT2D eigenvalue weighted by molar-refractivity contribution is 5.46. The molecule has 0 fully saturated rings. The molecule has 0 saturated carbocycles.